The second-order valence-electron chi connectivity index (χ2n) is 8.07. The molecule has 9 nitrogen and oxygen atoms in total. The van der Waals surface area contributed by atoms with Crippen LogP contribution >= 0.6 is 11.3 Å². The topological polar surface area (TPSA) is 107 Å². The van der Waals surface area contributed by atoms with Crippen molar-refractivity contribution in [2.24, 2.45) is 0 Å². The van der Waals surface area contributed by atoms with Gasteiger partial charge >= 0.3 is 4.87 Å². The summed E-state index contributed by atoms with van der Waals surface area (Å²) in [6.45, 7) is 6.16. The molecule has 176 valence electrons. The molecule has 33 heavy (non-hydrogen) atoms. The molecule has 1 amide bonds. The number of benzene rings is 2. The van der Waals surface area contributed by atoms with Crippen LogP contribution in [0.15, 0.2) is 41.2 Å². The number of thiazole rings is 1. The van der Waals surface area contributed by atoms with Crippen LogP contribution in [0.25, 0.3) is 10.2 Å². The van der Waals surface area contributed by atoms with Gasteiger partial charge in [-0.3, -0.25) is 18.5 Å². The Morgan fingerprint density at radius 1 is 1.09 bits per heavy atom. The van der Waals surface area contributed by atoms with E-state index in [1.165, 1.54) is 6.92 Å². The van der Waals surface area contributed by atoms with E-state index in [9.17, 15) is 18.0 Å². The summed E-state index contributed by atoms with van der Waals surface area (Å²) in [5.41, 5.74) is 1.57. The lowest BCUT2D eigenvalue weighted by Crippen LogP contribution is -2.45. The molecular formula is C22H25N3O6S2. The zero-order chi connectivity index (χ0) is 23.9. The van der Waals surface area contributed by atoms with Gasteiger partial charge in [0.1, 0.15) is 19.3 Å². The Hall–Kier alpha value is -3.05. The van der Waals surface area contributed by atoms with E-state index in [1.807, 2.05) is 13.8 Å². The van der Waals surface area contributed by atoms with Crippen LogP contribution in [0.2, 0.25) is 0 Å². The predicted octanol–water partition coefficient (Wildman–Crippen LogP) is 3.21. The summed E-state index contributed by atoms with van der Waals surface area (Å²) in [7, 11) is -3.79. The summed E-state index contributed by atoms with van der Waals surface area (Å²) in [5, 5.41) is 2.77. The molecule has 11 heteroatoms. The SMILES string of the molecule is CC(C(=O)Nc1ccc2c(c1)sc(=O)n2C(C)C)N(c1ccc2c(c1)OCCO2)S(C)(=O)=O. The number of nitrogens with zero attached hydrogens (tertiary/aromatic N) is 2. The Morgan fingerprint density at radius 2 is 1.79 bits per heavy atom. The Kier molecular flexibility index (Phi) is 6.10. The molecule has 4 rings (SSSR count). The number of carbonyl (C=O) groups is 1. The summed E-state index contributed by atoms with van der Waals surface area (Å²) in [6.07, 6.45) is 1.05. The maximum Gasteiger partial charge on any atom is 0.308 e. The van der Waals surface area contributed by atoms with Crippen molar-refractivity contribution in [3.63, 3.8) is 0 Å². The lowest BCUT2D eigenvalue weighted by Gasteiger charge is -2.29. The van der Waals surface area contributed by atoms with E-state index < -0.39 is 22.0 Å². The Morgan fingerprint density at radius 3 is 2.45 bits per heavy atom. The van der Waals surface area contributed by atoms with Crippen molar-refractivity contribution in [3.8, 4) is 11.5 Å². The maximum atomic E-state index is 13.0. The normalized spacial score (nSPS) is 14.3. The minimum atomic E-state index is -3.79. The molecule has 3 aromatic rings. The van der Waals surface area contributed by atoms with Crippen LogP contribution in [0.1, 0.15) is 26.8 Å². The van der Waals surface area contributed by atoms with Crippen LogP contribution in [0.3, 0.4) is 0 Å². The van der Waals surface area contributed by atoms with Crippen molar-refractivity contribution < 1.29 is 22.7 Å². The number of aromatic nitrogens is 1. The molecule has 1 aromatic heterocycles. The molecule has 0 bridgehead atoms. The average molecular weight is 492 g/mol. The standard InChI is InChI=1S/C22H25N3O6S2/c1-13(2)24-17-7-5-15(11-20(17)32-22(24)27)23-21(26)14(3)25(33(4,28)29)16-6-8-18-19(12-16)31-10-9-30-18/h5-8,11-14H,9-10H2,1-4H3,(H,23,26). The monoisotopic (exact) mass is 491 g/mol. The number of rotatable bonds is 6. The molecule has 0 spiro atoms. The summed E-state index contributed by atoms with van der Waals surface area (Å²) < 4.78 is 39.8. The minimum absolute atomic E-state index is 0.0148. The number of hydrogen-bond donors (Lipinski definition) is 1. The van der Waals surface area contributed by atoms with E-state index in [0.29, 0.717) is 36.1 Å². The van der Waals surface area contributed by atoms with Gasteiger partial charge in [-0.1, -0.05) is 11.3 Å². The molecule has 1 aliphatic rings. The van der Waals surface area contributed by atoms with Crippen molar-refractivity contribution in [3.05, 3.63) is 46.1 Å². The van der Waals surface area contributed by atoms with Crippen LogP contribution in [0.5, 0.6) is 11.5 Å². The zero-order valence-electron chi connectivity index (χ0n) is 18.7. The van der Waals surface area contributed by atoms with Crippen LogP contribution in [0, 0.1) is 0 Å². The van der Waals surface area contributed by atoms with Gasteiger partial charge in [-0.15, -0.1) is 0 Å². The van der Waals surface area contributed by atoms with E-state index in [-0.39, 0.29) is 10.9 Å². The Balaban J connectivity index is 1.62. The van der Waals surface area contributed by atoms with Crippen LogP contribution in [-0.4, -0.2) is 44.4 Å². The van der Waals surface area contributed by atoms with Crippen molar-refractivity contribution in [2.75, 3.05) is 29.1 Å². The number of amides is 1. The molecule has 0 saturated carbocycles. The van der Waals surface area contributed by atoms with E-state index in [1.54, 1.807) is 41.0 Å². The molecule has 0 saturated heterocycles. The van der Waals surface area contributed by atoms with Gasteiger partial charge in [-0.2, -0.15) is 0 Å². The van der Waals surface area contributed by atoms with Crippen molar-refractivity contribution in [1.82, 2.24) is 4.57 Å². The quantitative estimate of drug-likeness (QED) is 0.568. The fraction of sp³-hybridized carbons (Fsp3) is 0.364. The van der Waals surface area contributed by atoms with E-state index in [2.05, 4.69) is 5.32 Å². The van der Waals surface area contributed by atoms with Crippen LogP contribution in [0.4, 0.5) is 11.4 Å². The Labute approximate surface area is 195 Å². The number of fused-ring (bicyclic) bond motifs is 2. The van der Waals surface area contributed by atoms with Gasteiger partial charge < -0.3 is 14.8 Å². The lowest BCUT2D eigenvalue weighted by molar-refractivity contribution is -0.116. The molecule has 1 N–H and O–H groups in total. The predicted molar refractivity (Wildman–Crippen MR) is 129 cm³/mol. The second-order valence-corrected chi connectivity index (χ2v) is 10.9. The number of nitrogens with one attached hydrogen (secondary N) is 1. The van der Waals surface area contributed by atoms with Crippen molar-refractivity contribution >= 4 is 48.9 Å². The van der Waals surface area contributed by atoms with Crippen LogP contribution < -0.4 is 24.0 Å². The highest BCUT2D eigenvalue weighted by atomic mass is 32.2. The smallest absolute Gasteiger partial charge is 0.308 e. The van der Waals surface area contributed by atoms with Gasteiger partial charge in [0, 0.05) is 17.8 Å². The number of anilines is 2. The highest BCUT2D eigenvalue weighted by molar-refractivity contribution is 7.92. The summed E-state index contributed by atoms with van der Waals surface area (Å²) in [5.74, 6) is 0.441. The summed E-state index contributed by atoms with van der Waals surface area (Å²) >= 11 is 1.10. The molecule has 1 unspecified atom stereocenters. The third kappa shape index (κ3) is 4.55. The average Bonchev–Trinajstić information content (AvgIpc) is 3.07. The van der Waals surface area contributed by atoms with Crippen LogP contribution in [-0.2, 0) is 14.8 Å². The highest BCUT2D eigenvalue weighted by Gasteiger charge is 2.30. The minimum Gasteiger partial charge on any atom is -0.486 e. The maximum absolute atomic E-state index is 13.0. The lowest BCUT2D eigenvalue weighted by atomic mass is 10.2. The zero-order valence-corrected chi connectivity index (χ0v) is 20.3. The first kappa shape index (κ1) is 23.1. The number of sulfonamides is 1. The number of carbonyl (C=O) groups excluding carboxylic acids is 1. The van der Waals surface area contributed by atoms with Gasteiger partial charge in [0.25, 0.3) is 0 Å². The van der Waals surface area contributed by atoms with Crippen molar-refractivity contribution in [2.45, 2.75) is 32.9 Å². The summed E-state index contributed by atoms with van der Waals surface area (Å²) in [6, 6.07) is 8.93. The first-order chi connectivity index (χ1) is 15.6. The molecule has 1 atom stereocenters. The summed E-state index contributed by atoms with van der Waals surface area (Å²) in [4.78, 5) is 25.3. The third-order valence-electron chi connectivity index (χ3n) is 5.27. The highest BCUT2D eigenvalue weighted by Crippen LogP contribution is 2.35. The Bertz CT molecular complexity index is 1380. The first-order valence-corrected chi connectivity index (χ1v) is 13.1. The molecule has 0 fully saturated rings. The second kappa shape index (κ2) is 8.71. The molecule has 2 aromatic carbocycles. The first-order valence-electron chi connectivity index (χ1n) is 10.4. The van der Waals surface area contributed by atoms with E-state index >= 15 is 0 Å². The van der Waals surface area contributed by atoms with E-state index in [4.69, 9.17) is 9.47 Å². The number of ether oxygens (including phenoxy) is 2. The van der Waals surface area contributed by atoms with Gasteiger partial charge in [-0.25, -0.2) is 8.42 Å². The molecule has 1 aliphatic heterocycles. The molecule has 0 radical (unpaired) electrons. The fourth-order valence-electron chi connectivity index (χ4n) is 3.83. The van der Waals surface area contributed by atoms with Gasteiger partial charge in [0.15, 0.2) is 11.5 Å². The van der Waals surface area contributed by atoms with Crippen molar-refractivity contribution in [1.29, 1.82) is 0 Å². The van der Waals surface area contributed by atoms with Gasteiger partial charge in [0.2, 0.25) is 15.9 Å². The largest absolute Gasteiger partial charge is 0.486 e. The number of hydrogen-bond acceptors (Lipinski definition) is 7. The van der Waals surface area contributed by atoms with E-state index in [0.717, 1.165) is 32.1 Å². The molecular weight excluding hydrogens is 466 g/mol. The van der Waals surface area contributed by atoms with Gasteiger partial charge in [-0.05, 0) is 51.1 Å². The molecule has 0 aliphatic carbocycles. The molecule has 2 heterocycles. The fourth-order valence-corrected chi connectivity index (χ4v) is 6.05. The van der Waals surface area contributed by atoms with Gasteiger partial charge in [0.05, 0.1) is 22.2 Å². The third-order valence-corrected chi connectivity index (χ3v) is 7.43.